The maximum atomic E-state index is 10.8. The van der Waals surface area contributed by atoms with Crippen molar-refractivity contribution in [3.8, 4) is 11.0 Å². The van der Waals surface area contributed by atoms with Gasteiger partial charge in [-0.05, 0) is 13.0 Å². The van der Waals surface area contributed by atoms with Crippen molar-refractivity contribution in [2.24, 2.45) is 0 Å². The van der Waals surface area contributed by atoms with E-state index < -0.39 is 0 Å². The van der Waals surface area contributed by atoms with E-state index in [1.54, 1.807) is 10.9 Å². The Bertz CT molecular complexity index is 489. The molecule has 78 valence electrons. The van der Waals surface area contributed by atoms with Crippen LogP contribution in [0.25, 0.3) is 5.82 Å². The highest BCUT2D eigenvalue weighted by Gasteiger charge is 2.13. The summed E-state index contributed by atoms with van der Waals surface area (Å²) in [6.45, 7) is 1.88. The lowest BCUT2D eigenvalue weighted by atomic mass is 10.5. The van der Waals surface area contributed by atoms with Crippen molar-refractivity contribution < 1.29 is 9.53 Å². The Kier molecular flexibility index (Phi) is 2.51. The predicted molar refractivity (Wildman–Crippen MR) is 55.9 cm³/mol. The van der Waals surface area contributed by atoms with Gasteiger partial charge in [0.2, 0.25) is 0 Å². The van der Waals surface area contributed by atoms with Crippen LogP contribution in [0.3, 0.4) is 0 Å². The highest BCUT2D eigenvalue weighted by atomic mass is 32.1. The van der Waals surface area contributed by atoms with Crippen LogP contribution in [0.15, 0.2) is 12.3 Å². The molecule has 0 N–H and O–H groups in total. The highest BCUT2D eigenvalue weighted by Crippen LogP contribution is 2.25. The number of carbonyl (C=O) groups is 1. The van der Waals surface area contributed by atoms with Crippen LogP contribution in [0.1, 0.15) is 15.4 Å². The molecule has 15 heavy (non-hydrogen) atoms. The minimum Gasteiger partial charge on any atom is -0.473 e. The zero-order valence-corrected chi connectivity index (χ0v) is 9.11. The molecular formula is C9H9N3O2S. The van der Waals surface area contributed by atoms with Crippen LogP contribution in [0.5, 0.6) is 5.19 Å². The van der Waals surface area contributed by atoms with Crippen LogP contribution < -0.4 is 4.74 Å². The van der Waals surface area contributed by atoms with Crippen molar-refractivity contribution in [2.45, 2.75) is 6.92 Å². The smallest absolute Gasteiger partial charge is 0.275 e. The molecular weight excluding hydrogens is 214 g/mol. The van der Waals surface area contributed by atoms with Gasteiger partial charge in [0.1, 0.15) is 4.88 Å². The second-order valence-corrected chi connectivity index (χ2v) is 3.88. The Morgan fingerprint density at radius 1 is 1.60 bits per heavy atom. The largest absolute Gasteiger partial charge is 0.473 e. The van der Waals surface area contributed by atoms with Gasteiger partial charge in [-0.15, -0.1) is 0 Å². The Hall–Kier alpha value is -1.69. The molecule has 0 spiro atoms. The van der Waals surface area contributed by atoms with E-state index in [2.05, 4.69) is 10.1 Å². The van der Waals surface area contributed by atoms with Crippen molar-refractivity contribution in [1.29, 1.82) is 0 Å². The number of methoxy groups -OCH3 is 1. The van der Waals surface area contributed by atoms with Crippen molar-refractivity contribution in [1.82, 2.24) is 14.8 Å². The minimum atomic E-state index is 0.459. The highest BCUT2D eigenvalue weighted by molar-refractivity contribution is 7.15. The SMILES string of the molecule is COc1nc(-n2ccc(C)n2)c(C=O)s1. The number of hydrogen-bond acceptors (Lipinski definition) is 5. The Morgan fingerprint density at radius 3 is 2.93 bits per heavy atom. The molecule has 0 fully saturated rings. The fourth-order valence-corrected chi connectivity index (χ4v) is 1.85. The molecule has 0 amide bonds. The van der Waals surface area contributed by atoms with Crippen LogP contribution in [-0.2, 0) is 0 Å². The van der Waals surface area contributed by atoms with Gasteiger partial charge in [0, 0.05) is 6.20 Å². The molecule has 0 aliphatic heterocycles. The first-order valence-electron chi connectivity index (χ1n) is 4.27. The first-order valence-corrected chi connectivity index (χ1v) is 5.09. The summed E-state index contributed by atoms with van der Waals surface area (Å²) in [4.78, 5) is 15.5. The van der Waals surface area contributed by atoms with Crippen molar-refractivity contribution in [2.75, 3.05) is 7.11 Å². The van der Waals surface area contributed by atoms with Gasteiger partial charge in [-0.1, -0.05) is 11.3 Å². The van der Waals surface area contributed by atoms with Gasteiger partial charge < -0.3 is 4.74 Å². The lowest BCUT2D eigenvalue weighted by molar-refractivity contribution is 0.112. The van der Waals surface area contributed by atoms with E-state index in [4.69, 9.17) is 4.74 Å². The number of nitrogens with zero attached hydrogens (tertiary/aromatic N) is 3. The van der Waals surface area contributed by atoms with E-state index in [0.717, 1.165) is 12.0 Å². The van der Waals surface area contributed by atoms with E-state index in [1.807, 2.05) is 13.0 Å². The van der Waals surface area contributed by atoms with E-state index in [1.165, 1.54) is 18.4 Å². The lowest BCUT2D eigenvalue weighted by Gasteiger charge is -1.95. The van der Waals surface area contributed by atoms with Crippen molar-refractivity contribution in [3.05, 3.63) is 22.8 Å². The second-order valence-electron chi connectivity index (χ2n) is 2.89. The molecule has 2 aromatic heterocycles. The number of hydrogen-bond donors (Lipinski definition) is 0. The third kappa shape index (κ3) is 1.75. The Morgan fingerprint density at radius 2 is 2.40 bits per heavy atom. The second kappa shape index (κ2) is 3.82. The number of aldehydes is 1. The molecule has 0 saturated heterocycles. The number of carbonyl (C=O) groups excluding carboxylic acids is 1. The van der Waals surface area contributed by atoms with Gasteiger partial charge in [-0.3, -0.25) is 4.79 Å². The van der Waals surface area contributed by atoms with Gasteiger partial charge in [0.05, 0.1) is 12.8 Å². The summed E-state index contributed by atoms with van der Waals surface area (Å²) in [7, 11) is 1.52. The first-order chi connectivity index (χ1) is 7.24. The summed E-state index contributed by atoms with van der Waals surface area (Å²) >= 11 is 1.20. The van der Waals surface area contributed by atoms with Gasteiger partial charge in [0.25, 0.3) is 5.19 Å². The Balaban J connectivity index is 2.51. The van der Waals surface area contributed by atoms with Crippen LogP contribution in [0.4, 0.5) is 0 Å². The van der Waals surface area contributed by atoms with Gasteiger partial charge in [-0.2, -0.15) is 10.1 Å². The van der Waals surface area contributed by atoms with Crippen LogP contribution in [0.2, 0.25) is 0 Å². The molecule has 2 rings (SSSR count). The third-order valence-corrected chi connectivity index (χ3v) is 2.77. The van der Waals surface area contributed by atoms with E-state index in [0.29, 0.717) is 15.9 Å². The molecule has 0 unspecified atom stereocenters. The monoisotopic (exact) mass is 223 g/mol. The molecule has 2 heterocycles. The molecule has 0 saturated carbocycles. The lowest BCUT2D eigenvalue weighted by Crippen LogP contribution is -1.98. The van der Waals surface area contributed by atoms with Crippen LogP contribution in [0, 0.1) is 6.92 Å². The molecule has 0 aliphatic carbocycles. The summed E-state index contributed by atoms with van der Waals surface area (Å²) in [5.74, 6) is 0.514. The summed E-state index contributed by atoms with van der Waals surface area (Å²) in [5.41, 5.74) is 0.874. The number of rotatable bonds is 3. The van der Waals surface area contributed by atoms with Gasteiger partial charge in [0.15, 0.2) is 12.1 Å². The topological polar surface area (TPSA) is 57.0 Å². The summed E-state index contributed by atoms with van der Waals surface area (Å²) in [6, 6.07) is 1.85. The standard InChI is InChI=1S/C9H9N3O2S/c1-6-3-4-12(11-6)8-7(5-13)15-9(10-8)14-2/h3-5H,1-2H3. The molecule has 0 bridgehead atoms. The predicted octanol–water partition coefficient (Wildman–Crippen LogP) is 1.46. The van der Waals surface area contributed by atoms with Crippen LogP contribution >= 0.6 is 11.3 Å². The maximum Gasteiger partial charge on any atom is 0.275 e. The molecule has 6 heteroatoms. The fourth-order valence-electron chi connectivity index (χ4n) is 1.17. The summed E-state index contributed by atoms with van der Waals surface area (Å²) in [5, 5.41) is 4.64. The van der Waals surface area contributed by atoms with Crippen molar-refractivity contribution in [3.63, 3.8) is 0 Å². The van der Waals surface area contributed by atoms with Gasteiger partial charge >= 0.3 is 0 Å². The number of aryl methyl sites for hydroxylation is 1. The first kappa shape index (κ1) is 9.85. The normalized spacial score (nSPS) is 10.3. The quantitative estimate of drug-likeness (QED) is 0.739. The molecule has 0 aromatic carbocycles. The van der Waals surface area contributed by atoms with Gasteiger partial charge in [-0.25, -0.2) is 4.68 Å². The zero-order chi connectivity index (χ0) is 10.8. The third-order valence-electron chi connectivity index (χ3n) is 1.84. The molecule has 2 aromatic rings. The maximum absolute atomic E-state index is 10.8. The number of aromatic nitrogens is 3. The summed E-state index contributed by atoms with van der Waals surface area (Å²) in [6.07, 6.45) is 2.52. The average Bonchev–Trinajstić information content (AvgIpc) is 2.82. The molecule has 0 atom stereocenters. The fraction of sp³-hybridized carbons (Fsp3) is 0.222. The Labute approximate surface area is 90.3 Å². The summed E-state index contributed by atoms with van der Waals surface area (Å²) < 4.78 is 6.54. The average molecular weight is 223 g/mol. The van der Waals surface area contributed by atoms with E-state index >= 15 is 0 Å². The van der Waals surface area contributed by atoms with Crippen molar-refractivity contribution >= 4 is 17.6 Å². The minimum absolute atomic E-state index is 0.459. The van der Waals surface area contributed by atoms with E-state index in [9.17, 15) is 4.79 Å². The number of thiazole rings is 1. The molecule has 0 aliphatic rings. The van der Waals surface area contributed by atoms with E-state index in [-0.39, 0.29) is 0 Å². The zero-order valence-electron chi connectivity index (χ0n) is 8.30. The number of ether oxygens (including phenoxy) is 1. The van der Waals surface area contributed by atoms with Crippen LogP contribution in [-0.4, -0.2) is 28.2 Å². The molecule has 5 nitrogen and oxygen atoms in total. The molecule has 0 radical (unpaired) electrons.